The topological polar surface area (TPSA) is 116 Å². The highest BCUT2D eigenvalue weighted by atomic mass is 16.5. The van der Waals surface area contributed by atoms with Crippen molar-refractivity contribution in [2.45, 2.75) is 64.8 Å². The number of methoxy groups -OCH3 is 1. The number of hydrogen-bond donors (Lipinski definition) is 1. The summed E-state index contributed by atoms with van der Waals surface area (Å²) in [4.78, 5) is 50.6. The molecule has 1 fully saturated rings. The Morgan fingerprint density at radius 3 is 2.00 bits per heavy atom. The smallest absolute Gasteiger partial charge is 0.337 e. The summed E-state index contributed by atoms with van der Waals surface area (Å²) in [6.07, 6.45) is -1.31. The quantitative estimate of drug-likeness (QED) is 0.412. The average molecular weight is 434 g/mol. The Morgan fingerprint density at radius 2 is 1.52 bits per heavy atom. The van der Waals surface area contributed by atoms with Crippen LogP contribution < -0.4 is 0 Å². The molecule has 4 atom stereocenters. The van der Waals surface area contributed by atoms with E-state index < -0.39 is 59.3 Å². The Hall–Kier alpha value is -2.74. The second kappa shape index (κ2) is 9.60. The van der Waals surface area contributed by atoms with Gasteiger partial charge in [-0.3, -0.25) is 14.4 Å². The first-order valence-electron chi connectivity index (χ1n) is 10.2. The highest BCUT2D eigenvalue weighted by Crippen LogP contribution is 2.47. The highest BCUT2D eigenvalue weighted by Gasteiger charge is 2.57. The van der Waals surface area contributed by atoms with Gasteiger partial charge in [0.1, 0.15) is 5.92 Å². The largest absolute Gasteiger partial charge is 0.465 e. The van der Waals surface area contributed by atoms with Crippen LogP contribution in [0.25, 0.3) is 0 Å². The van der Waals surface area contributed by atoms with Gasteiger partial charge >= 0.3 is 17.9 Å². The Labute approximate surface area is 181 Å². The Kier molecular flexibility index (Phi) is 7.59. The van der Waals surface area contributed by atoms with E-state index in [0.29, 0.717) is 5.56 Å². The van der Waals surface area contributed by atoms with E-state index in [0.717, 1.165) is 0 Å². The molecular formula is C23H30O8. The predicted octanol–water partition coefficient (Wildman–Crippen LogP) is 2.42. The first-order valence-corrected chi connectivity index (χ1v) is 10.2. The van der Waals surface area contributed by atoms with E-state index in [1.165, 1.54) is 38.3 Å². The second-order valence-corrected chi connectivity index (χ2v) is 8.57. The molecule has 1 aromatic rings. The van der Waals surface area contributed by atoms with Gasteiger partial charge in [0.2, 0.25) is 0 Å². The second-order valence-electron chi connectivity index (χ2n) is 8.57. The molecule has 1 N–H and O–H groups in total. The molecule has 2 rings (SSSR count). The highest BCUT2D eigenvalue weighted by molar-refractivity contribution is 6.03. The third-order valence-electron chi connectivity index (χ3n) is 5.20. The third kappa shape index (κ3) is 5.50. The van der Waals surface area contributed by atoms with E-state index in [4.69, 9.17) is 14.2 Å². The Bertz CT molecular complexity index is 830. The fourth-order valence-corrected chi connectivity index (χ4v) is 3.99. The molecule has 1 saturated carbocycles. The van der Waals surface area contributed by atoms with E-state index in [1.807, 2.05) is 0 Å². The average Bonchev–Trinajstić information content (AvgIpc) is 2.64. The standard InChI is InChI=1S/C23H30O8/c1-12(2)30-21(26)18-16(24)11-23(5,28)19(22(27)31-13(3)4)17(18)14-7-9-15(10-8-14)20(25)29-6/h7-10,12-13,17-19,28H,11H2,1-6H3/t17-,18+,19-,23+/m1/s1. The van der Waals surface area contributed by atoms with Crippen molar-refractivity contribution >= 4 is 23.7 Å². The summed E-state index contributed by atoms with van der Waals surface area (Å²) in [6, 6.07) is 6.03. The number of aliphatic hydroxyl groups is 1. The van der Waals surface area contributed by atoms with Crippen molar-refractivity contribution < 1.29 is 38.5 Å². The summed E-state index contributed by atoms with van der Waals surface area (Å²) in [5.74, 6) is -6.06. The number of carbonyl (C=O) groups is 4. The molecule has 8 heteroatoms. The number of benzene rings is 1. The molecular weight excluding hydrogens is 404 g/mol. The summed E-state index contributed by atoms with van der Waals surface area (Å²) in [6.45, 7) is 8.05. The van der Waals surface area contributed by atoms with E-state index in [1.54, 1.807) is 27.7 Å². The monoisotopic (exact) mass is 434 g/mol. The van der Waals surface area contributed by atoms with Gasteiger partial charge in [0.25, 0.3) is 0 Å². The number of rotatable bonds is 6. The zero-order valence-corrected chi connectivity index (χ0v) is 18.7. The summed E-state index contributed by atoms with van der Waals surface area (Å²) in [7, 11) is 1.25. The maximum absolute atomic E-state index is 13.0. The fraction of sp³-hybridized carbons (Fsp3) is 0.565. The van der Waals surface area contributed by atoms with Crippen molar-refractivity contribution in [1.29, 1.82) is 0 Å². The zero-order chi connectivity index (χ0) is 23.5. The minimum Gasteiger partial charge on any atom is -0.465 e. The van der Waals surface area contributed by atoms with E-state index >= 15 is 0 Å². The number of ether oxygens (including phenoxy) is 3. The molecule has 0 radical (unpaired) electrons. The molecule has 0 heterocycles. The van der Waals surface area contributed by atoms with Gasteiger partial charge in [0.05, 0.1) is 36.4 Å². The van der Waals surface area contributed by atoms with Gasteiger partial charge < -0.3 is 19.3 Å². The van der Waals surface area contributed by atoms with Crippen LogP contribution in [0.3, 0.4) is 0 Å². The molecule has 0 aromatic heterocycles. The first kappa shape index (κ1) is 24.5. The van der Waals surface area contributed by atoms with Gasteiger partial charge in [-0.05, 0) is 52.3 Å². The van der Waals surface area contributed by atoms with Gasteiger partial charge in [-0.25, -0.2) is 4.79 Å². The van der Waals surface area contributed by atoms with Crippen LogP contribution in [0.2, 0.25) is 0 Å². The van der Waals surface area contributed by atoms with Gasteiger partial charge in [-0.1, -0.05) is 12.1 Å². The van der Waals surface area contributed by atoms with E-state index in [2.05, 4.69) is 0 Å². The Morgan fingerprint density at radius 1 is 1.00 bits per heavy atom. The van der Waals surface area contributed by atoms with Crippen LogP contribution in [0.1, 0.15) is 62.9 Å². The lowest BCUT2D eigenvalue weighted by molar-refractivity contribution is -0.176. The minimum absolute atomic E-state index is 0.266. The number of hydrogen-bond acceptors (Lipinski definition) is 8. The van der Waals surface area contributed by atoms with Crippen LogP contribution in [0, 0.1) is 11.8 Å². The molecule has 0 unspecified atom stereocenters. The predicted molar refractivity (Wildman–Crippen MR) is 110 cm³/mol. The number of esters is 3. The van der Waals surface area contributed by atoms with Crippen LogP contribution in [0.5, 0.6) is 0 Å². The van der Waals surface area contributed by atoms with Crippen LogP contribution in [0.15, 0.2) is 24.3 Å². The number of Topliss-reactive ketones (excluding diaryl/α,β-unsaturated/α-hetero) is 1. The van der Waals surface area contributed by atoms with Crippen molar-refractivity contribution in [2.24, 2.45) is 11.8 Å². The molecule has 0 spiro atoms. The van der Waals surface area contributed by atoms with Gasteiger partial charge in [-0.2, -0.15) is 0 Å². The van der Waals surface area contributed by atoms with Crippen molar-refractivity contribution in [1.82, 2.24) is 0 Å². The summed E-state index contributed by atoms with van der Waals surface area (Å²) in [5.41, 5.74) is -1.04. The summed E-state index contributed by atoms with van der Waals surface area (Å²) in [5, 5.41) is 11.0. The van der Waals surface area contributed by atoms with Crippen LogP contribution in [-0.4, -0.2) is 53.7 Å². The lowest BCUT2D eigenvalue weighted by Gasteiger charge is -2.44. The van der Waals surface area contributed by atoms with Crippen molar-refractivity contribution in [2.75, 3.05) is 7.11 Å². The third-order valence-corrected chi connectivity index (χ3v) is 5.20. The SMILES string of the molecule is COC(=O)c1ccc([C@@H]2[C@@H](C(=O)OC(C)C)C(=O)C[C@](C)(O)[C@H]2C(=O)OC(C)C)cc1. The van der Waals surface area contributed by atoms with Crippen molar-refractivity contribution in [3.05, 3.63) is 35.4 Å². The molecule has 8 nitrogen and oxygen atoms in total. The molecule has 0 saturated heterocycles. The molecule has 1 aliphatic carbocycles. The van der Waals surface area contributed by atoms with Gasteiger partial charge in [0, 0.05) is 12.3 Å². The van der Waals surface area contributed by atoms with Crippen molar-refractivity contribution in [3.63, 3.8) is 0 Å². The molecule has 1 aromatic carbocycles. The van der Waals surface area contributed by atoms with E-state index in [-0.39, 0.29) is 12.0 Å². The van der Waals surface area contributed by atoms with Gasteiger partial charge in [-0.15, -0.1) is 0 Å². The maximum Gasteiger partial charge on any atom is 0.337 e. The van der Waals surface area contributed by atoms with Crippen molar-refractivity contribution in [3.8, 4) is 0 Å². The molecule has 0 amide bonds. The zero-order valence-electron chi connectivity index (χ0n) is 18.7. The maximum atomic E-state index is 13.0. The van der Waals surface area contributed by atoms with Crippen LogP contribution in [-0.2, 0) is 28.6 Å². The first-order chi connectivity index (χ1) is 14.4. The van der Waals surface area contributed by atoms with E-state index in [9.17, 15) is 24.3 Å². The molecule has 31 heavy (non-hydrogen) atoms. The van der Waals surface area contributed by atoms with Gasteiger partial charge in [0.15, 0.2) is 5.78 Å². The fourth-order valence-electron chi connectivity index (χ4n) is 3.99. The minimum atomic E-state index is -1.73. The molecule has 0 aliphatic heterocycles. The van der Waals surface area contributed by atoms with Crippen LogP contribution >= 0.6 is 0 Å². The molecule has 0 bridgehead atoms. The number of ketones is 1. The summed E-state index contributed by atoms with van der Waals surface area (Å²) >= 11 is 0. The molecule has 170 valence electrons. The lowest BCUT2D eigenvalue weighted by atomic mass is 9.61. The lowest BCUT2D eigenvalue weighted by Crippen LogP contribution is -2.55. The Balaban J connectivity index is 2.61. The molecule has 1 aliphatic rings. The number of carbonyl (C=O) groups excluding carboxylic acids is 4. The van der Waals surface area contributed by atoms with Crippen LogP contribution in [0.4, 0.5) is 0 Å². The normalized spacial score (nSPS) is 26.0. The summed E-state index contributed by atoms with van der Waals surface area (Å²) < 4.78 is 15.4.